The van der Waals surface area contributed by atoms with Gasteiger partial charge in [0, 0.05) is 37.5 Å². The van der Waals surface area contributed by atoms with Gasteiger partial charge in [-0.05, 0) is 36.6 Å². The lowest BCUT2D eigenvalue weighted by Crippen LogP contribution is -2.29. The molecule has 0 aliphatic carbocycles. The fraction of sp³-hybridized carbons (Fsp3) is 0.278. The highest BCUT2D eigenvalue weighted by molar-refractivity contribution is 6.33. The van der Waals surface area contributed by atoms with Gasteiger partial charge in [0.15, 0.2) is 0 Å². The molecule has 1 heterocycles. The second-order valence-electron chi connectivity index (χ2n) is 6.35. The van der Waals surface area contributed by atoms with E-state index in [-0.39, 0.29) is 10.7 Å². The first-order valence-corrected chi connectivity index (χ1v) is 9.29. The number of amides is 1. The van der Waals surface area contributed by atoms with E-state index in [0.717, 1.165) is 43.4 Å². The minimum Gasteiger partial charge on any atom is -0.465 e. The summed E-state index contributed by atoms with van der Waals surface area (Å²) < 4.78 is 12.4. The summed E-state index contributed by atoms with van der Waals surface area (Å²) in [6.07, 6.45) is -0.0139. The highest BCUT2D eigenvalue weighted by Crippen LogP contribution is 2.31. The van der Waals surface area contributed by atoms with Gasteiger partial charge < -0.3 is 21.1 Å². The SMILES string of the molecule is Nc1ccc(N2CCC(CNC(=O)O)C2)c(Cl)c1.O=[N+]([O-])c1ccc(F)c(Cl)c1. The van der Waals surface area contributed by atoms with Gasteiger partial charge in [-0.2, -0.15) is 0 Å². The van der Waals surface area contributed by atoms with Gasteiger partial charge in [0.1, 0.15) is 5.82 Å². The molecule has 1 unspecified atom stereocenters. The molecule has 2 aromatic carbocycles. The van der Waals surface area contributed by atoms with E-state index < -0.39 is 16.8 Å². The fourth-order valence-electron chi connectivity index (χ4n) is 2.83. The smallest absolute Gasteiger partial charge is 0.404 e. The van der Waals surface area contributed by atoms with Gasteiger partial charge in [-0.3, -0.25) is 10.1 Å². The lowest BCUT2D eigenvalue weighted by molar-refractivity contribution is -0.384. The monoisotopic (exact) mass is 444 g/mol. The molecule has 0 radical (unpaired) electrons. The summed E-state index contributed by atoms with van der Waals surface area (Å²) in [5.74, 6) is -0.327. The quantitative estimate of drug-likeness (QED) is 0.364. The van der Waals surface area contributed by atoms with E-state index in [1.807, 2.05) is 12.1 Å². The molecule has 8 nitrogen and oxygen atoms in total. The summed E-state index contributed by atoms with van der Waals surface area (Å²) in [7, 11) is 0. The Morgan fingerprint density at radius 1 is 1.31 bits per heavy atom. The standard InChI is InChI=1S/C12H16ClN3O2.C6H3ClFNO2/c13-10-5-9(14)1-2-11(10)16-4-3-8(7-16)6-15-12(17)18;7-5-3-4(9(10)11)1-2-6(5)8/h1-2,5,8,15H,3-4,6-7,14H2,(H,17,18);1-3H. The van der Waals surface area contributed by atoms with E-state index in [1.54, 1.807) is 6.07 Å². The van der Waals surface area contributed by atoms with Crippen molar-refractivity contribution in [1.29, 1.82) is 0 Å². The number of carbonyl (C=O) groups is 1. The Balaban J connectivity index is 0.000000234. The largest absolute Gasteiger partial charge is 0.465 e. The minimum absolute atomic E-state index is 0.212. The lowest BCUT2D eigenvalue weighted by atomic mass is 10.1. The predicted molar refractivity (Wildman–Crippen MR) is 110 cm³/mol. The van der Waals surface area contributed by atoms with Crippen molar-refractivity contribution in [2.45, 2.75) is 6.42 Å². The maximum atomic E-state index is 12.4. The van der Waals surface area contributed by atoms with Crippen LogP contribution in [0.15, 0.2) is 36.4 Å². The molecule has 29 heavy (non-hydrogen) atoms. The number of benzene rings is 2. The number of nitrogens with one attached hydrogen (secondary N) is 1. The van der Waals surface area contributed by atoms with Crippen LogP contribution in [-0.4, -0.2) is 35.8 Å². The van der Waals surface area contributed by atoms with Gasteiger partial charge in [-0.15, -0.1) is 0 Å². The highest BCUT2D eigenvalue weighted by atomic mass is 35.5. The molecule has 0 bridgehead atoms. The third kappa shape index (κ3) is 6.65. The van der Waals surface area contributed by atoms with Crippen LogP contribution in [0.3, 0.4) is 0 Å². The van der Waals surface area contributed by atoms with Crippen LogP contribution in [0.2, 0.25) is 10.0 Å². The number of hydrogen-bond acceptors (Lipinski definition) is 5. The van der Waals surface area contributed by atoms with Crippen LogP contribution in [-0.2, 0) is 0 Å². The van der Waals surface area contributed by atoms with Crippen molar-refractivity contribution in [2.75, 3.05) is 30.3 Å². The Morgan fingerprint density at radius 3 is 2.62 bits per heavy atom. The molecule has 1 aliphatic heterocycles. The first-order valence-electron chi connectivity index (χ1n) is 8.53. The molecular weight excluding hydrogens is 426 g/mol. The Kier molecular flexibility index (Phi) is 7.86. The molecule has 4 N–H and O–H groups in total. The van der Waals surface area contributed by atoms with Crippen LogP contribution >= 0.6 is 23.2 Å². The number of nitro benzene ring substituents is 1. The fourth-order valence-corrected chi connectivity index (χ4v) is 3.31. The lowest BCUT2D eigenvalue weighted by Gasteiger charge is -2.20. The van der Waals surface area contributed by atoms with Gasteiger partial charge in [-0.1, -0.05) is 23.2 Å². The number of hydrogen-bond donors (Lipinski definition) is 3. The molecule has 1 saturated heterocycles. The molecule has 156 valence electrons. The van der Waals surface area contributed by atoms with Crippen molar-refractivity contribution in [3.8, 4) is 0 Å². The van der Waals surface area contributed by atoms with E-state index in [2.05, 4.69) is 10.2 Å². The minimum atomic E-state index is -0.973. The molecule has 1 amide bonds. The topological polar surface area (TPSA) is 122 Å². The van der Waals surface area contributed by atoms with Crippen LogP contribution in [0.1, 0.15) is 6.42 Å². The van der Waals surface area contributed by atoms with Crippen LogP contribution in [0, 0.1) is 21.8 Å². The molecule has 1 atom stereocenters. The second-order valence-corrected chi connectivity index (χ2v) is 7.17. The summed E-state index contributed by atoms with van der Waals surface area (Å²) in [6.45, 7) is 2.18. The van der Waals surface area contributed by atoms with Crippen molar-refractivity contribution >= 4 is 46.4 Å². The number of anilines is 2. The number of nitrogens with zero attached hydrogens (tertiary/aromatic N) is 2. The third-order valence-electron chi connectivity index (χ3n) is 4.25. The van der Waals surface area contributed by atoms with Crippen LogP contribution in [0.5, 0.6) is 0 Å². The molecule has 1 aliphatic rings. The summed E-state index contributed by atoms with van der Waals surface area (Å²) in [4.78, 5) is 22.1. The number of halogens is 3. The molecule has 0 aromatic heterocycles. The van der Waals surface area contributed by atoms with E-state index in [1.165, 1.54) is 0 Å². The Bertz CT molecular complexity index is 900. The zero-order valence-corrected chi connectivity index (χ0v) is 16.7. The van der Waals surface area contributed by atoms with Crippen molar-refractivity contribution in [3.05, 3.63) is 62.4 Å². The van der Waals surface area contributed by atoms with Crippen molar-refractivity contribution < 1.29 is 19.2 Å². The zero-order chi connectivity index (χ0) is 21.6. The number of nitrogens with two attached hydrogens (primary N) is 1. The molecule has 11 heteroatoms. The van der Waals surface area contributed by atoms with Gasteiger partial charge in [-0.25, -0.2) is 9.18 Å². The molecule has 3 rings (SSSR count). The summed E-state index contributed by atoms with van der Waals surface area (Å²) >= 11 is 11.4. The molecule has 0 spiro atoms. The first-order chi connectivity index (χ1) is 13.7. The maximum absolute atomic E-state index is 12.4. The van der Waals surface area contributed by atoms with Gasteiger partial charge in [0.05, 0.1) is 20.7 Å². The van der Waals surface area contributed by atoms with Gasteiger partial charge in [0.2, 0.25) is 0 Å². The summed E-state index contributed by atoms with van der Waals surface area (Å²) in [6, 6.07) is 8.45. The van der Waals surface area contributed by atoms with E-state index in [4.69, 9.17) is 34.0 Å². The van der Waals surface area contributed by atoms with Crippen LogP contribution in [0.4, 0.5) is 26.2 Å². The third-order valence-corrected chi connectivity index (χ3v) is 4.85. The van der Waals surface area contributed by atoms with Crippen molar-refractivity contribution in [2.24, 2.45) is 5.92 Å². The Labute approximate surface area is 176 Å². The average molecular weight is 445 g/mol. The number of non-ortho nitro benzene ring substituents is 1. The normalized spacial score (nSPS) is 15.4. The highest BCUT2D eigenvalue weighted by Gasteiger charge is 2.24. The van der Waals surface area contributed by atoms with Gasteiger partial charge in [0.25, 0.3) is 5.69 Å². The molecule has 1 fully saturated rings. The van der Waals surface area contributed by atoms with E-state index in [0.29, 0.717) is 23.2 Å². The number of rotatable bonds is 4. The van der Waals surface area contributed by atoms with Crippen molar-refractivity contribution in [1.82, 2.24) is 5.32 Å². The number of nitrogen functional groups attached to an aromatic ring is 1. The molecule has 2 aromatic rings. The molecular formula is C18H19Cl2FN4O4. The first kappa shape index (κ1) is 22.5. The van der Waals surface area contributed by atoms with Gasteiger partial charge >= 0.3 is 6.09 Å². The van der Waals surface area contributed by atoms with Crippen LogP contribution < -0.4 is 16.0 Å². The summed E-state index contributed by atoms with van der Waals surface area (Å²) in [5.41, 5.74) is 7.05. The Hall–Kier alpha value is -2.78. The van der Waals surface area contributed by atoms with Crippen molar-refractivity contribution in [3.63, 3.8) is 0 Å². The zero-order valence-electron chi connectivity index (χ0n) is 15.1. The Morgan fingerprint density at radius 2 is 2.03 bits per heavy atom. The number of carboxylic acid groups (broad SMARTS) is 1. The second kappa shape index (κ2) is 10.1. The number of nitro groups is 1. The maximum Gasteiger partial charge on any atom is 0.404 e. The van der Waals surface area contributed by atoms with E-state index >= 15 is 0 Å². The predicted octanol–water partition coefficient (Wildman–Crippen LogP) is 4.40. The molecule has 0 saturated carbocycles. The van der Waals surface area contributed by atoms with E-state index in [9.17, 15) is 19.3 Å². The summed E-state index contributed by atoms with van der Waals surface area (Å²) in [5, 5.41) is 21.5. The average Bonchev–Trinajstić information content (AvgIpc) is 3.11. The van der Waals surface area contributed by atoms with Crippen LogP contribution in [0.25, 0.3) is 0 Å².